The maximum absolute atomic E-state index is 11.2. The van der Waals surface area contributed by atoms with Crippen molar-refractivity contribution in [2.45, 2.75) is 13.3 Å². The van der Waals surface area contributed by atoms with Crippen LogP contribution in [0, 0.1) is 0 Å². The maximum Gasteiger partial charge on any atom is 2.00 e. The third-order valence-corrected chi connectivity index (χ3v) is 1.51. The van der Waals surface area contributed by atoms with E-state index in [1.165, 1.54) is 6.92 Å². The van der Waals surface area contributed by atoms with Crippen LogP contribution in [0.15, 0.2) is 30.3 Å². The molecule has 1 rings (SSSR count). The smallest absolute Gasteiger partial charge is 1.00 e. The summed E-state index contributed by atoms with van der Waals surface area (Å²) in [6, 6.07) is 8.84. The van der Waals surface area contributed by atoms with Crippen LogP contribution in [0.5, 0.6) is 0 Å². The largest absolute Gasteiger partial charge is 2.00 e. The molecule has 1 aromatic rings. The van der Waals surface area contributed by atoms with Crippen LogP contribution in [-0.4, -0.2) is 34.6 Å². The Morgan fingerprint density at radius 1 is 1.23 bits per heavy atom. The van der Waals surface area contributed by atoms with Gasteiger partial charge in [-0.3, -0.25) is 9.59 Å². The summed E-state index contributed by atoms with van der Waals surface area (Å²) >= 11 is 0. The summed E-state index contributed by atoms with van der Waals surface area (Å²) in [5.41, 5.74) is 0.604. The van der Waals surface area contributed by atoms with E-state index in [0.29, 0.717) is 5.56 Å². The third kappa shape index (κ3) is 4.19. The number of carbonyl (C=O) groups is 2. The molecule has 0 unspecified atom stereocenters. The van der Waals surface area contributed by atoms with E-state index >= 15 is 0 Å². The normalized spacial score (nSPS) is 8.69. The van der Waals surface area contributed by atoms with Gasteiger partial charge in [-0.2, -0.15) is 0 Å². The monoisotopic (exact) mass is 188 g/mol. The molecule has 0 amide bonds. The van der Waals surface area contributed by atoms with Crippen LogP contribution in [0.2, 0.25) is 0 Å². The summed E-state index contributed by atoms with van der Waals surface area (Å²) in [5, 5.41) is 0. The van der Waals surface area contributed by atoms with Gasteiger partial charge in [0.05, 0.1) is 6.42 Å². The number of hydrogen-bond acceptors (Lipinski definition) is 2. The first-order valence-corrected chi connectivity index (χ1v) is 3.78. The Labute approximate surface area is 96.5 Å². The van der Waals surface area contributed by atoms with E-state index in [-0.39, 0.29) is 43.9 Å². The average Bonchev–Trinajstić information content (AvgIpc) is 2.05. The summed E-state index contributed by atoms with van der Waals surface area (Å²) in [6.07, 6.45) is 0.00398. The fraction of sp³-hybridized carbons (Fsp3) is 0.200. The minimum absolute atomic E-state index is 0. The molecular formula is C10H12MgO2. The molecule has 0 heterocycles. The molecule has 66 valence electrons. The van der Waals surface area contributed by atoms with E-state index in [9.17, 15) is 9.59 Å². The van der Waals surface area contributed by atoms with Crippen molar-refractivity contribution in [2.75, 3.05) is 0 Å². The van der Waals surface area contributed by atoms with Gasteiger partial charge in [-0.1, -0.05) is 30.3 Å². The fourth-order valence-corrected chi connectivity index (χ4v) is 0.952. The van der Waals surface area contributed by atoms with Crippen LogP contribution < -0.4 is 0 Å². The fourth-order valence-electron chi connectivity index (χ4n) is 0.952. The molecule has 0 fully saturated rings. The van der Waals surface area contributed by atoms with Gasteiger partial charge in [0.1, 0.15) is 5.78 Å². The molecule has 0 aliphatic carbocycles. The average molecular weight is 189 g/mol. The zero-order chi connectivity index (χ0) is 8.97. The second-order valence-corrected chi connectivity index (χ2v) is 2.67. The van der Waals surface area contributed by atoms with Gasteiger partial charge in [0, 0.05) is 5.56 Å². The van der Waals surface area contributed by atoms with Gasteiger partial charge < -0.3 is 2.85 Å². The first kappa shape index (κ1) is 12.3. The predicted octanol–water partition coefficient (Wildman–Crippen LogP) is 1.69. The quantitative estimate of drug-likeness (QED) is 0.411. The van der Waals surface area contributed by atoms with E-state index in [4.69, 9.17) is 0 Å². The van der Waals surface area contributed by atoms with E-state index in [1.807, 2.05) is 6.07 Å². The van der Waals surface area contributed by atoms with E-state index < -0.39 is 0 Å². The Kier molecular flexibility index (Phi) is 5.58. The van der Waals surface area contributed by atoms with E-state index in [0.717, 1.165) is 0 Å². The molecule has 0 spiro atoms. The molecule has 0 aliphatic heterocycles. The molecule has 0 aromatic heterocycles. The van der Waals surface area contributed by atoms with Gasteiger partial charge in [0.15, 0.2) is 5.78 Å². The van der Waals surface area contributed by atoms with Crippen molar-refractivity contribution in [3.8, 4) is 0 Å². The number of carbonyl (C=O) groups excluding carboxylic acids is 2. The van der Waals surface area contributed by atoms with Gasteiger partial charge in [0.25, 0.3) is 0 Å². The Bertz CT molecular complexity index is 302. The van der Waals surface area contributed by atoms with E-state index in [2.05, 4.69) is 0 Å². The topological polar surface area (TPSA) is 34.1 Å². The molecule has 0 bridgehead atoms. The number of ketones is 2. The number of Topliss-reactive ketones (excluding diaryl/α,β-unsaturated/α-hetero) is 2. The molecule has 2 nitrogen and oxygen atoms in total. The maximum atomic E-state index is 11.2. The molecule has 0 N–H and O–H groups in total. The van der Waals surface area contributed by atoms with Crippen LogP contribution in [0.3, 0.4) is 0 Å². The first-order chi connectivity index (χ1) is 5.70. The van der Waals surface area contributed by atoms with Crippen molar-refractivity contribution in [3.63, 3.8) is 0 Å². The van der Waals surface area contributed by atoms with Gasteiger partial charge in [-0.15, -0.1) is 0 Å². The van der Waals surface area contributed by atoms with E-state index in [1.54, 1.807) is 24.3 Å². The van der Waals surface area contributed by atoms with Crippen LogP contribution in [0.1, 0.15) is 26.6 Å². The van der Waals surface area contributed by atoms with Crippen molar-refractivity contribution in [1.82, 2.24) is 0 Å². The summed E-state index contributed by atoms with van der Waals surface area (Å²) in [6.45, 7) is 1.42. The van der Waals surface area contributed by atoms with Crippen LogP contribution in [-0.2, 0) is 4.79 Å². The van der Waals surface area contributed by atoms with Crippen molar-refractivity contribution < 1.29 is 12.4 Å². The van der Waals surface area contributed by atoms with Gasteiger partial charge in [-0.25, -0.2) is 0 Å². The molecule has 0 aliphatic rings. The molecular weight excluding hydrogens is 176 g/mol. The third-order valence-electron chi connectivity index (χ3n) is 1.51. The number of benzene rings is 1. The Balaban J connectivity index is -0.000000480. The minimum Gasteiger partial charge on any atom is -1.00 e. The molecule has 3 heteroatoms. The SMILES string of the molecule is CC(=O)CC(=O)c1ccccc1.[H-].[H-].[Mg+2]. The summed E-state index contributed by atoms with van der Waals surface area (Å²) in [4.78, 5) is 21.8. The Morgan fingerprint density at radius 3 is 2.23 bits per heavy atom. The number of rotatable bonds is 3. The minimum atomic E-state index is -0.108. The standard InChI is InChI=1S/C10H10O2.Mg.2H/c1-8(11)7-10(12)9-5-3-2-4-6-9;;;/h2-6H,7H2,1H3;;;/q;+2;2*-1. The zero-order valence-electron chi connectivity index (χ0n) is 9.62. The van der Waals surface area contributed by atoms with Gasteiger partial charge >= 0.3 is 23.1 Å². The van der Waals surface area contributed by atoms with Gasteiger partial charge in [0.2, 0.25) is 0 Å². The first-order valence-electron chi connectivity index (χ1n) is 3.78. The van der Waals surface area contributed by atoms with Crippen molar-refractivity contribution >= 4 is 34.6 Å². The van der Waals surface area contributed by atoms with Gasteiger partial charge in [-0.05, 0) is 6.92 Å². The van der Waals surface area contributed by atoms with Crippen LogP contribution >= 0.6 is 0 Å². The predicted molar refractivity (Wildman–Crippen MR) is 54.0 cm³/mol. The number of hydrogen-bond donors (Lipinski definition) is 0. The molecule has 13 heavy (non-hydrogen) atoms. The molecule has 0 saturated carbocycles. The molecule has 0 atom stereocenters. The zero-order valence-corrected chi connectivity index (χ0v) is 9.03. The summed E-state index contributed by atoms with van der Waals surface area (Å²) in [7, 11) is 0. The van der Waals surface area contributed by atoms with Crippen LogP contribution in [0.4, 0.5) is 0 Å². The Morgan fingerprint density at radius 2 is 1.77 bits per heavy atom. The summed E-state index contributed by atoms with van der Waals surface area (Å²) in [5.74, 6) is -0.202. The second-order valence-electron chi connectivity index (χ2n) is 2.67. The molecule has 0 radical (unpaired) electrons. The van der Waals surface area contributed by atoms with Crippen molar-refractivity contribution in [1.29, 1.82) is 0 Å². The van der Waals surface area contributed by atoms with Crippen LogP contribution in [0.25, 0.3) is 0 Å². The Hall–Kier alpha value is -0.674. The van der Waals surface area contributed by atoms with Crippen molar-refractivity contribution in [2.24, 2.45) is 0 Å². The second kappa shape index (κ2) is 5.88. The summed E-state index contributed by atoms with van der Waals surface area (Å²) < 4.78 is 0. The molecule has 0 saturated heterocycles. The molecule has 1 aromatic carbocycles. The van der Waals surface area contributed by atoms with Crippen molar-refractivity contribution in [3.05, 3.63) is 35.9 Å².